The Labute approximate surface area is 132 Å². The van der Waals surface area contributed by atoms with Crippen molar-refractivity contribution in [3.05, 3.63) is 47.8 Å². The summed E-state index contributed by atoms with van der Waals surface area (Å²) < 4.78 is 1.59. The van der Waals surface area contributed by atoms with Crippen LogP contribution in [0.2, 0.25) is 0 Å². The molecule has 2 aromatic heterocycles. The Balaban J connectivity index is 1.62. The van der Waals surface area contributed by atoms with Crippen LogP contribution in [-0.2, 0) is 4.79 Å². The molecule has 0 spiro atoms. The number of rotatable bonds is 4. The van der Waals surface area contributed by atoms with Crippen LogP contribution in [0.25, 0.3) is 5.78 Å². The van der Waals surface area contributed by atoms with E-state index in [4.69, 9.17) is 0 Å². The fourth-order valence-electron chi connectivity index (χ4n) is 2.05. The number of carbonyl (C=O) groups is 1. The van der Waals surface area contributed by atoms with Gasteiger partial charge in [0.1, 0.15) is 0 Å². The third-order valence-corrected chi connectivity index (χ3v) is 3.92. The summed E-state index contributed by atoms with van der Waals surface area (Å²) in [6.45, 7) is 4.00. The average molecular weight is 313 g/mol. The van der Waals surface area contributed by atoms with Crippen molar-refractivity contribution in [1.82, 2.24) is 19.6 Å². The van der Waals surface area contributed by atoms with E-state index in [1.54, 1.807) is 23.0 Å². The van der Waals surface area contributed by atoms with Gasteiger partial charge in [-0.3, -0.25) is 4.79 Å². The predicted octanol–water partition coefficient (Wildman–Crippen LogP) is 2.47. The SMILES string of the molecule is Cc1ccc(NC(=O)CSc2nc3ncccn3n2)c(C)c1. The molecule has 7 heteroatoms. The van der Waals surface area contributed by atoms with Crippen LogP contribution in [0.4, 0.5) is 5.69 Å². The summed E-state index contributed by atoms with van der Waals surface area (Å²) >= 11 is 1.29. The quantitative estimate of drug-likeness (QED) is 0.749. The van der Waals surface area contributed by atoms with Crippen molar-refractivity contribution < 1.29 is 4.79 Å². The van der Waals surface area contributed by atoms with Crippen molar-refractivity contribution in [2.24, 2.45) is 0 Å². The Hall–Kier alpha value is -2.41. The Morgan fingerprint density at radius 2 is 2.23 bits per heavy atom. The minimum Gasteiger partial charge on any atom is -0.325 e. The number of nitrogens with zero attached hydrogens (tertiary/aromatic N) is 4. The molecule has 2 heterocycles. The van der Waals surface area contributed by atoms with Crippen molar-refractivity contribution in [3.8, 4) is 0 Å². The molecule has 0 unspecified atom stereocenters. The van der Waals surface area contributed by atoms with Gasteiger partial charge in [0.15, 0.2) is 0 Å². The summed E-state index contributed by atoms with van der Waals surface area (Å²) in [6, 6.07) is 7.71. The molecule has 3 aromatic rings. The van der Waals surface area contributed by atoms with E-state index in [1.807, 2.05) is 32.0 Å². The predicted molar refractivity (Wildman–Crippen MR) is 86.1 cm³/mol. The van der Waals surface area contributed by atoms with E-state index >= 15 is 0 Å². The van der Waals surface area contributed by atoms with Gasteiger partial charge >= 0.3 is 0 Å². The number of aryl methyl sites for hydroxylation is 2. The summed E-state index contributed by atoms with van der Waals surface area (Å²) in [5, 5.41) is 7.69. The molecule has 0 fully saturated rings. The fraction of sp³-hybridized carbons (Fsp3) is 0.200. The standard InChI is InChI=1S/C15H15N5OS/c1-10-4-5-12(11(2)8-10)17-13(21)9-22-15-18-14-16-6-3-7-20(14)19-15/h3-8H,9H2,1-2H3,(H,17,21). The second-order valence-corrected chi connectivity index (χ2v) is 5.86. The number of thioether (sulfide) groups is 1. The van der Waals surface area contributed by atoms with Crippen molar-refractivity contribution in [2.75, 3.05) is 11.1 Å². The molecule has 0 aliphatic carbocycles. The lowest BCUT2D eigenvalue weighted by atomic mass is 10.1. The topological polar surface area (TPSA) is 72.2 Å². The van der Waals surface area contributed by atoms with Crippen LogP contribution in [0, 0.1) is 13.8 Å². The number of aromatic nitrogens is 4. The number of fused-ring (bicyclic) bond motifs is 1. The van der Waals surface area contributed by atoms with Gasteiger partial charge in [0, 0.05) is 18.1 Å². The van der Waals surface area contributed by atoms with Gasteiger partial charge in [-0.1, -0.05) is 29.5 Å². The maximum Gasteiger partial charge on any atom is 0.253 e. The van der Waals surface area contributed by atoms with E-state index in [0.717, 1.165) is 11.3 Å². The minimum atomic E-state index is -0.0798. The second-order valence-electron chi connectivity index (χ2n) is 4.91. The van der Waals surface area contributed by atoms with Crippen molar-refractivity contribution in [3.63, 3.8) is 0 Å². The normalized spacial score (nSPS) is 10.8. The lowest BCUT2D eigenvalue weighted by molar-refractivity contribution is -0.113. The fourth-order valence-corrected chi connectivity index (χ4v) is 2.67. The molecule has 6 nitrogen and oxygen atoms in total. The van der Waals surface area contributed by atoms with Crippen LogP contribution in [0.3, 0.4) is 0 Å². The van der Waals surface area contributed by atoms with Crippen molar-refractivity contribution in [1.29, 1.82) is 0 Å². The van der Waals surface area contributed by atoms with E-state index in [9.17, 15) is 4.79 Å². The van der Waals surface area contributed by atoms with Gasteiger partial charge in [0.25, 0.3) is 5.78 Å². The van der Waals surface area contributed by atoms with E-state index in [2.05, 4.69) is 20.4 Å². The van der Waals surface area contributed by atoms with Gasteiger partial charge in [0.2, 0.25) is 11.1 Å². The largest absolute Gasteiger partial charge is 0.325 e. The zero-order chi connectivity index (χ0) is 15.5. The first-order valence-corrected chi connectivity index (χ1v) is 7.78. The second kappa shape index (κ2) is 6.15. The number of carbonyl (C=O) groups excluding carboxylic acids is 1. The van der Waals surface area contributed by atoms with Gasteiger partial charge in [0.05, 0.1) is 5.75 Å². The van der Waals surface area contributed by atoms with Crippen LogP contribution in [0.15, 0.2) is 41.8 Å². The number of hydrogen-bond acceptors (Lipinski definition) is 5. The molecule has 3 rings (SSSR count). The Bertz CT molecular complexity index is 797. The minimum absolute atomic E-state index is 0.0798. The van der Waals surface area contributed by atoms with E-state index in [-0.39, 0.29) is 11.7 Å². The average Bonchev–Trinajstić information content (AvgIpc) is 2.91. The molecule has 0 aliphatic rings. The number of nitrogens with one attached hydrogen (secondary N) is 1. The molecule has 0 bridgehead atoms. The van der Waals surface area contributed by atoms with Gasteiger partial charge < -0.3 is 5.32 Å². The molecule has 112 valence electrons. The molecule has 0 saturated heterocycles. The van der Waals surface area contributed by atoms with Crippen molar-refractivity contribution >= 4 is 29.1 Å². The van der Waals surface area contributed by atoms with Crippen LogP contribution in [0.1, 0.15) is 11.1 Å². The summed E-state index contributed by atoms with van der Waals surface area (Å²) in [4.78, 5) is 20.4. The highest BCUT2D eigenvalue weighted by molar-refractivity contribution is 7.99. The number of anilines is 1. The van der Waals surface area contributed by atoms with Gasteiger partial charge in [-0.05, 0) is 31.5 Å². The molecule has 1 amide bonds. The maximum absolute atomic E-state index is 12.0. The number of amides is 1. The zero-order valence-corrected chi connectivity index (χ0v) is 13.1. The Morgan fingerprint density at radius 3 is 3.00 bits per heavy atom. The van der Waals surface area contributed by atoms with Crippen LogP contribution in [-0.4, -0.2) is 31.2 Å². The number of benzene rings is 1. The molecular formula is C15H15N5OS. The van der Waals surface area contributed by atoms with Gasteiger partial charge in [-0.15, -0.1) is 5.10 Å². The molecule has 0 radical (unpaired) electrons. The zero-order valence-electron chi connectivity index (χ0n) is 12.3. The van der Waals surface area contributed by atoms with E-state index in [0.29, 0.717) is 10.9 Å². The molecule has 22 heavy (non-hydrogen) atoms. The van der Waals surface area contributed by atoms with Crippen LogP contribution < -0.4 is 5.32 Å². The smallest absolute Gasteiger partial charge is 0.253 e. The molecule has 0 atom stereocenters. The highest BCUT2D eigenvalue weighted by Gasteiger charge is 2.09. The molecular weight excluding hydrogens is 298 g/mol. The van der Waals surface area contributed by atoms with Gasteiger partial charge in [-0.25, -0.2) is 9.50 Å². The van der Waals surface area contributed by atoms with E-state index in [1.165, 1.54) is 17.3 Å². The molecule has 1 N–H and O–H groups in total. The maximum atomic E-state index is 12.0. The van der Waals surface area contributed by atoms with E-state index < -0.39 is 0 Å². The molecule has 0 saturated carbocycles. The van der Waals surface area contributed by atoms with Gasteiger partial charge in [-0.2, -0.15) is 4.98 Å². The monoisotopic (exact) mass is 313 g/mol. The molecule has 0 aliphatic heterocycles. The Morgan fingerprint density at radius 1 is 1.36 bits per heavy atom. The lowest BCUT2D eigenvalue weighted by Crippen LogP contribution is -2.15. The van der Waals surface area contributed by atoms with Crippen LogP contribution in [0.5, 0.6) is 0 Å². The number of hydrogen-bond donors (Lipinski definition) is 1. The summed E-state index contributed by atoms with van der Waals surface area (Å²) in [5.41, 5.74) is 3.06. The first kappa shape index (κ1) is 14.5. The first-order chi connectivity index (χ1) is 10.6. The third-order valence-electron chi connectivity index (χ3n) is 3.09. The Kier molecular flexibility index (Phi) is 4.06. The highest BCUT2D eigenvalue weighted by Crippen LogP contribution is 2.18. The van der Waals surface area contributed by atoms with Crippen LogP contribution >= 0.6 is 11.8 Å². The lowest BCUT2D eigenvalue weighted by Gasteiger charge is -2.08. The highest BCUT2D eigenvalue weighted by atomic mass is 32.2. The summed E-state index contributed by atoms with van der Waals surface area (Å²) in [5.74, 6) is 0.702. The summed E-state index contributed by atoms with van der Waals surface area (Å²) in [6.07, 6.45) is 3.43. The molecule has 1 aromatic carbocycles. The van der Waals surface area contributed by atoms with Crippen molar-refractivity contribution in [2.45, 2.75) is 19.0 Å². The summed E-state index contributed by atoms with van der Waals surface area (Å²) in [7, 11) is 0. The first-order valence-electron chi connectivity index (χ1n) is 6.79. The third kappa shape index (κ3) is 3.25.